The molecule has 1 nitrogen and oxygen atoms in total. The van der Waals surface area contributed by atoms with Crippen molar-refractivity contribution in [2.45, 2.75) is 19.3 Å². The van der Waals surface area contributed by atoms with Crippen molar-refractivity contribution in [3.8, 4) is 66.8 Å². The summed E-state index contributed by atoms with van der Waals surface area (Å²) in [5.74, 6) is 0. The van der Waals surface area contributed by atoms with Crippen LogP contribution in [0.5, 0.6) is 0 Å². The van der Waals surface area contributed by atoms with Gasteiger partial charge in [0, 0.05) is 22.4 Å². The monoisotopic (exact) mass is 741 g/mol. The summed E-state index contributed by atoms with van der Waals surface area (Å²) in [6.45, 7) is 4.72. The van der Waals surface area contributed by atoms with Crippen LogP contribution >= 0.6 is 0 Å². The molecule has 276 valence electrons. The molecule has 0 atom stereocenters. The zero-order valence-corrected chi connectivity index (χ0v) is 32.8. The van der Waals surface area contributed by atoms with E-state index in [9.17, 15) is 0 Å². The molecule has 9 aromatic rings. The normalized spacial score (nSPS) is 12.4. The Morgan fingerprint density at radius 3 is 1.28 bits per heavy atom. The molecule has 0 spiro atoms. The molecule has 0 saturated carbocycles. The third-order valence-electron chi connectivity index (χ3n) is 11.9. The Bertz CT molecular complexity index is 2850. The lowest BCUT2D eigenvalue weighted by molar-refractivity contribution is 0.660. The first kappa shape index (κ1) is 35.2. The summed E-state index contributed by atoms with van der Waals surface area (Å²) in [7, 11) is 0. The first-order chi connectivity index (χ1) is 28.5. The number of nitrogens with zero attached hydrogens (tertiary/aromatic N) is 1. The smallest absolute Gasteiger partial charge is 0.0546 e. The van der Waals surface area contributed by atoms with Crippen LogP contribution in [-0.4, -0.2) is 0 Å². The van der Waals surface area contributed by atoms with Gasteiger partial charge in [-0.25, -0.2) is 0 Å². The van der Waals surface area contributed by atoms with Gasteiger partial charge in [-0.3, -0.25) is 0 Å². The van der Waals surface area contributed by atoms with E-state index in [1.54, 1.807) is 0 Å². The fourth-order valence-corrected chi connectivity index (χ4v) is 8.90. The highest BCUT2D eigenvalue weighted by Gasteiger charge is 2.36. The predicted octanol–water partition coefficient (Wildman–Crippen LogP) is 15.8. The highest BCUT2D eigenvalue weighted by Crippen LogP contribution is 2.52. The van der Waals surface area contributed by atoms with Gasteiger partial charge in [0.1, 0.15) is 0 Å². The number of fused-ring (bicyclic) bond motifs is 3. The minimum atomic E-state index is -0.134. The third kappa shape index (κ3) is 6.32. The Balaban J connectivity index is 1.14. The fourth-order valence-electron chi connectivity index (χ4n) is 8.90. The molecule has 0 bridgehead atoms. The summed E-state index contributed by atoms with van der Waals surface area (Å²) < 4.78 is 0. The van der Waals surface area contributed by atoms with Crippen LogP contribution in [0.3, 0.4) is 0 Å². The summed E-state index contributed by atoms with van der Waals surface area (Å²) in [4.78, 5) is 2.47. The average Bonchev–Trinajstić information content (AvgIpc) is 3.53. The van der Waals surface area contributed by atoms with Crippen LogP contribution in [0.1, 0.15) is 25.0 Å². The largest absolute Gasteiger partial charge is 0.310 e. The van der Waals surface area contributed by atoms with E-state index in [-0.39, 0.29) is 5.41 Å². The van der Waals surface area contributed by atoms with Crippen molar-refractivity contribution in [3.63, 3.8) is 0 Å². The van der Waals surface area contributed by atoms with Gasteiger partial charge in [-0.15, -0.1) is 0 Å². The Hall–Kier alpha value is -7.22. The van der Waals surface area contributed by atoms with Crippen LogP contribution < -0.4 is 4.90 Å². The van der Waals surface area contributed by atoms with Crippen LogP contribution in [-0.2, 0) is 5.41 Å². The van der Waals surface area contributed by atoms with Crippen molar-refractivity contribution in [2.24, 2.45) is 0 Å². The van der Waals surface area contributed by atoms with E-state index in [1.807, 2.05) is 0 Å². The van der Waals surface area contributed by atoms with Gasteiger partial charge in [-0.1, -0.05) is 208 Å². The number of benzene rings is 9. The van der Waals surface area contributed by atoms with E-state index >= 15 is 0 Å². The van der Waals surface area contributed by atoms with Crippen molar-refractivity contribution in [1.82, 2.24) is 0 Å². The maximum Gasteiger partial charge on any atom is 0.0546 e. The first-order valence-corrected chi connectivity index (χ1v) is 20.2. The molecule has 10 rings (SSSR count). The highest BCUT2D eigenvalue weighted by atomic mass is 15.1. The molecule has 0 fully saturated rings. The van der Waals surface area contributed by atoms with Gasteiger partial charge in [-0.2, -0.15) is 0 Å². The summed E-state index contributed by atoms with van der Waals surface area (Å²) in [6.07, 6.45) is 0. The van der Waals surface area contributed by atoms with Crippen molar-refractivity contribution in [1.29, 1.82) is 0 Å². The minimum Gasteiger partial charge on any atom is -0.310 e. The molecular weight excluding hydrogens is 699 g/mol. The molecule has 0 heterocycles. The van der Waals surface area contributed by atoms with Crippen molar-refractivity contribution >= 4 is 17.1 Å². The van der Waals surface area contributed by atoms with Crippen LogP contribution in [0, 0.1) is 0 Å². The molecule has 1 heteroatoms. The second-order valence-electron chi connectivity index (χ2n) is 15.7. The zero-order chi connectivity index (χ0) is 39.1. The summed E-state index contributed by atoms with van der Waals surface area (Å²) >= 11 is 0. The number of hydrogen-bond acceptors (Lipinski definition) is 1. The van der Waals surface area contributed by atoms with Gasteiger partial charge in [-0.05, 0) is 103 Å². The van der Waals surface area contributed by atoms with E-state index in [0.29, 0.717) is 0 Å². The van der Waals surface area contributed by atoms with E-state index in [1.165, 1.54) is 77.9 Å². The quantitative estimate of drug-likeness (QED) is 0.150. The van der Waals surface area contributed by atoms with Gasteiger partial charge in [0.2, 0.25) is 0 Å². The van der Waals surface area contributed by atoms with Gasteiger partial charge >= 0.3 is 0 Å². The van der Waals surface area contributed by atoms with E-state index in [2.05, 4.69) is 243 Å². The van der Waals surface area contributed by atoms with Gasteiger partial charge in [0.05, 0.1) is 5.69 Å². The Kier molecular flexibility index (Phi) is 8.92. The Morgan fingerprint density at radius 1 is 0.293 bits per heavy atom. The zero-order valence-electron chi connectivity index (χ0n) is 32.8. The van der Waals surface area contributed by atoms with Crippen molar-refractivity contribution in [3.05, 3.63) is 236 Å². The van der Waals surface area contributed by atoms with E-state index in [4.69, 9.17) is 0 Å². The van der Waals surface area contributed by atoms with Crippen molar-refractivity contribution < 1.29 is 0 Å². The lowest BCUT2D eigenvalue weighted by Crippen LogP contribution is -2.17. The molecule has 1 aliphatic carbocycles. The number of rotatable bonds is 8. The molecule has 58 heavy (non-hydrogen) atoms. The molecule has 0 aliphatic heterocycles. The summed E-state index contributed by atoms with van der Waals surface area (Å²) in [5.41, 5.74) is 20.6. The highest BCUT2D eigenvalue weighted by molar-refractivity contribution is 5.98. The average molecular weight is 742 g/mol. The molecule has 9 aromatic carbocycles. The molecule has 0 amide bonds. The molecule has 1 aliphatic rings. The van der Waals surface area contributed by atoms with Crippen LogP contribution in [0.4, 0.5) is 17.1 Å². The van der Waals surface area contributed by atoms with Gasteiger partial charge < -0.3 is 4.90 Å². The number of anilines is 3. The van der Waals surface area contributed by atoms with Crippen LogP contribution in [0.25, 0.3) is 66.8 Å². The minimum absolute atomic E-state index is 0.134. The Morgan fingerprint density at radius 2 is 0.707 bits per heavy atom. The summed E-state index contributed by atoms with van der Waals surface area (Å²) in [5, 5.41) is 0. The van der Waals surface area contributed by atoms with Crippen molar-refractivity contribution in [2.75, 3.05) is 4.90 Å². The second kappa shape index (κ2) is 14.7. The lowest BCUT2D eigenvalue weighted by atomic mass is 9.82. The molecular formula is C57H43N. The predicted molar refractivity (Wildman–Crippen MR) is 246 cm³/mol. The standard InChI is InChI=1S/C57H43N/c1-57(2)53-23-13-12-21-51(53)52-38-37-49(39-54(52)57)58(48-35-33-45(34-36-48)44-27-25-42(26-28-44)40-15-6-3-7-16-40)55-24-14-22-50(46-19-10-5-11-20-46)56(55)47-31-29-43(30-32-47)41-17-8-4-9-18-41/h3-39H,1-2H3. The number of hydrogen-bond donors (Lipinski definition) is 0. The topological polar surface area (TPSA) is 3.24 Å². The molecule has 0 N–H and O–H groups in total. The third-order valence-corrected chi connectivity index (χ3v) is 11.9. The second-order valence-corrected chi connectivity index (χ2v) is 15.7. The van der Waals surface area contributed by atoms with Gasteiger partial charge in [0.25, 0.3) is 0 Å². The molecule has 0 unspecified atom stereocenters. The molecule has 0 saturated heterocycles. The first-order valence-electron chi connectivity index (χ1n) is 20.2. The van der Waals surface area contributed by atoms with Crippen LogP contribution in [0.15, 0.2) is 224 Å². The molecule has 0 radical (unpaired) electrons. The van der Waals surface area contributed by atoms with Gasteiger partial charge in [0.15, 0.2) is 0 Å². The molecule has 0 aromatic heterocycles. The summed E-state index contributed by atoms with van der Waals surface area (Å²) in [6, 6.07) is 81.8. The lowest BCUT2D eigenvalue weighted by Gasteiger charge is -2.31. The SMILES string of the molecule is CC1(C)c2ccccc2-c2ccc(N(c3ccc(-c4ccc(-c5ccccc5)cc4)cc3)c3cccc(-c4ccccc4)c3-c3ccc(-c4ccccc4)cc3)cc21. The Labute approximate surface area is 342 Å². The van der Waals surface area contributed by atoms with E-state index < -0.39 is 0 Å². The van der Waals surface area contributed by atoms with E-state index in [0.717, 1.165) is 17.1 Å². The maximum atomic E-state index is 2.47. The van der Waals surface area contributed by atoms with Crippen LogP contribution in [0.2, 0.25) is 0 Å². The maximum absolute atomic E-state index is 2.47. The fraction of sp³-hybridized carbons (Fsp3) is 0.0526.